The normalized spacial score (nSPS) is 16.0. The predicted molar refractivity (Wildman–Crippen MR) is 92.9 cm³/mol. The Labute approximate surface area is 145 Å². The lowest BCUT2D eigenvalue weighted by molar-refractivity contribution is -0.113. The van der Waals surface area contributed by atoms with Crippen LogP contribution in [0.3, 0.4) is 0 Å². The number of carbonyl (C=O) groups is 1. The molecule has 24 heavy (non-hydrogen) atoms. The highest BCUT2D eigenvalue weighted by atomic mass is 32.2. The van der Waals surface area contributed by atoms with E-state index in [4.69, 9.17) is 0 Å². The van der Waals surface area contributed by atoms with Crippen molar-refractivity contribution in [1.82, 2.24) is 10.2 Å². The first-order chi connectivity index (χ1) is 11.5. The summed E-state index contributed by atoms with van der Waals surface area (Å²) >= 11 is 1.34. The van der Waals surface area contributed by atoms with Gasteiger partial charge >= 0.3 is 0 Å². The van der Waals surface area contributed by atoms with Gasteiger partial charge in [0.25, 0.3) is 0 Å². The molecule has 1 aromatic carbocycles. The molecule has 1 N–H and O–H groups in total. The second-order valence-corrected chi connectivity index (χ2v) is 8.90. The van der Waals surface area contributed by atoms with Crippen LogP contribution >= 0.6 is 11.3 Å². The highest BCUT2D eigenvalue weighted by Gasteiger charge is 2.22. The van der Waals surface area contributed by atoms with Gasteiger partial charge in [0.1, 0.15) is 10.8 Å². The number of hydrogen-bond acceptors (Lipinski definition) is 6. The average molecular weight is 365 g/mol. The lowest BCUT2D eigenvalue weighted by Crippen LogP contribution is -2.22. The van der Waals surface area contributed by atoms with Crippen LogP contribution in [-0.2, 0) is 14.6 Å². The maximum atomic E-state index is 12.2. The summed E-state index contributed by atoms with van der Waals surface area (Å²) in [6, 6.07) is 7.95. The lowest BCUT2D eigenvalue weighted by Gasteiger charge is -2.18. The van der Waals surface area contributed by atoms with Crippen molar-refractivity contribution in [1.29, 1.82) is 0 Å². The van der Waals surface area contributed by atoms with E-state index in [1.165, 1.54) is 42.7 Å². The first kappa shape index (κ1) is 17.0. The van der Waals surface area contributed by atoms with Gasteiger partial charge in [0.2, 0.25) is 11.0 Å². The Morgan fingerprint density at radius 2 is 1.83 bits per heavy atom. The van der Waals surface area contributed by atoms with Gasteiger partial charge in [-0.25, -0.2) is 8.42 Å². The molecule has 1 saturated carbocycles. The Bertz CT molecular complexity index is 797. The first-order valence-corrected chi connectivity index (χ1v) is 10.4. The molecule has 6 nitrogen and oxygen atoms in total. The van der Waals surface area contributed by atoms with Crippen molar-refractivity contribution < 1.29 is 13.2 Å². The van der Waals surface area contributed by atoms with Crippen molar-refractivity contribution in [3.63, 3.8) is 0 Å². The second kappa shape index (κ2) is 7.40. The van der Waals surface area contributed by atoms with Gasteiger partial charge in [-0.1, -0.05) is 48.8 Å². The third kappa shape index (κ3) is 4.18. The van der Waals surface area contributed by atoms with Crippen LogP contribution < -0.4 is 5.32 Å². The number of nitrogens with zero attached hydrogens (tertiary/aromatic N) is 2. The van der Waals surface area contributed by atoms with Crippen molar-refractivity contribution in [3.8, 4) is 0 Å². The van der Waals surface area contributed by atoms with E-state index in [0.717, 1.165) is 17.8 Å². The van der Waals surface area contributed by atoms with E-state index in [9.17, 15) is 13.2 Å². The van der Waals surface area contributed by atoms with E-state index < -0.39 is 21.5 Å². The summed E-state index contributed by atoms with van der Waals surface area (Å²) in [6.45, 7) is 0. The van der Waals surface area contributed by atoms with E-state index in [1.54, 1.807) is 18.2 Å². The summed E-state index contributed by atoms with van der Waals surface area (Å²) in [4.78, 5) is 12.2. The van der Waals surface area contributed by atoms with E-state index in [-0.39, 0.29) is 4.90 Å². The minimum absolute atomic E-state index is 0.139. The number of benzene rings is 1. The fourth-order valence-electron chi connectivity index (χ4n) is 2.84. The molecular weight excluding hydrogens is 346 g/mol. The number of amides is 1. The van der Waals surface area contributed by atoms with E-state index in [1.807, 2.05) is 0 Å². The summed E-state index contributed by atoms with van der Waals surface area (Å²) in [5.41, 5.74) is 0. The van der Waals surface area contributed by atoms with Crippen molar-refractivity contribution in [2.45, 2.75) is 42.9 Å². The quantitative estimate of drug-likeness (QED) is 0.880. The van der Waals surface area contributed by atoms with Crippen LogP contribution in [0.25, 0.3) is 0 Å². The molecule has 1 heterocycles. The fourth-order valence-corrected chi connectivity index (χ4v) is 4.92. The van der Waals surface area contributed by atoms with Crippen LogP contribution in [0.4, 0.5) is 5.13 Å². The van der Waals surface area contributed by atoms with Gasteiger partial charge in [-0.15, -0.1) is 10.2 Å². The maximum absolute atomic E-state index is 12.2. The minimum Gasteiger partial charge on any atom is -0.300 e. The van der Waals surface area contributed by atoms with Crippen LogP contribution in [0, 0.1) is 0 Å². The standard InChI is InChI=1S/C16H19N3O3S2/c20-14(11-24(21,22)13-9-5-2-6-10-13)17-16-19-18-15(23-16)12-7-3-1-4-8-12/h2,5-6,9-10,12H,1,3-4,7-8,11H2,(H,17,19,20). The molecule has 1 fully saturated rings. The molecule has 0 aliphatic heterocycles. The van der Waals surface area contributed by atoms with Crippen molar-refractivity contribution in [2.24, 2.45) is 0 Å². The largest absolute Gasteiger partial charge is 0.300 e. The Hall–Kier alpha value is -1.80. The molecule has 0 atom stereocenters. The van der Waals surface area contributed by atoms with Crippen molar-refractivity contribution >= 4 is 32.2 Å². The minimum atomic E-state index is -3.65. The van der Waals surface area contributed by atoms with E-state index in [2.05, 4.69) is 15.5 Å². The maximum Gasteiger partial charge on any atom is 0.241 e. The van der Waals surface area contributed by atoms with Crippen LogP contribution in [-0.4, -0.2) is 30.3 Å². The van der Waals surface area contributed by atoms with Gasteiger partial charge in [-0.3, -0.25) is 10.1 Å². The van der Waals surface area contributed by atoms with Crippen LogP contribution in [0.15, 0.2) is 35.2 Å². The SMILES string of the molecule is O=C(CS(=O)(=O)c1ccccc1)Nc1nnc(C2CCCCC2)s1. The zero-order chi connectivity index (χ0) is 17.0. The molecular formula is C16H19N3O3S2. The number of rotatable bonds is 5. The molecule has 0 bridgehead atoms. The van der Waals surface area contributed by atoms with Crippen LogP contribution in [0.5, 0.6) is 0 Å². The Kier molecular flexibility index (Phi) is 5.25. The van der Waals surface area contributed by atoms with Gasteiger partial charge < -0.3 is 0 Å². The number of carbonyl (C=O) groups excluding carboxylic acids is 1. The molecule has 3 rings (SSSR count). The number of sulfone groups is 1. The first-order valence-electron chi connectivity index (χ1n) is 7.96. The Morgan fingerprint density at radius 3 is 2.54 bits per heavy atom. The zero-order valence-corrected chi connectivity index (χ0v) is 14.8. The van der Waals surface area contributed by atoms with Crippen molar-refractivity contribution in [3.05, 3.63) is 35.3 Å². The summed E-state index contributed by atoms with van der Waals surface area (Å²) in [7, 11) is -3.65. The molecule has 2 aromatic rings. The number of aromatic nitrogens is 2. The third-order valence-corrected chi connectivity index (χ3v) is 6.70. The fraction of sp³-hybridized carbons (Fsp3) is 0.438. The Balaban J connectivity index is 1.62. The van der Waals surface area contributed by atoms with Gasteiger partial charge in [0.05, 0.1) is 4.90 Å². The third-order valence-electron chi connectivity index (χ3n) is 4.06. The summed E-state index contributed by atoms with van der Waals surface area (Å²) < 4.78 is 24.4. The topological polar surface area (TPSA) is 89.0 Å². The van der Waals surface area contributed by atoms with Gasteiger partial charge in [-0.2, -0.15) is 0 Å². The average Bonchev–Trinajstić information content (AvgIpc) is 3.04. The summed E-state index contributed by atoms with van der Waals surface area (Å²) in [6.07, 6.45) is 5.86. The Morgan fingerprint density at radius 1 is 1.12 bits per heavy atom. The predicted octanol–water partition coefficient (Wildman–Crippen LogP) is 3.00. The van der Waals surface area contributed by atoms with Gasteiger partial charge in [0.15, 0.2) is 9.84 Å². The highest BCUT2D eigenvalue weighted by molar-refractivity contribution is 7.92. The molecule has 1 aromatic heterocycles. The van der Waals surface area contributed by atoms with Crippen molar-refractivity contribution in [2.75, 3.05) is 11.1 Å². The molecule has 1 amide bonds. The van der Waals surface area contributed by atoms with Gasteiger partial charge in [-0.05, 0) is 25.0 Å². The summed E-state index contributed by atoms with van der Waals surface area (Å²) in [5, 5.41) is 12.0. The monoisotopic (exact) mass is 365 g/mol. The van der Waals surface area contributed by atoms with E-state index >= 15 is 0 Å². The van der Waals surface area contributed by atoms with Crippen LogP contribution in [0.2, 0.25) is 0 Å². The number of hydrogen-bond donors (Lipinski definition) is 1. The van der Waals surface area contributed by atoms with E-state index in [0.29, 0.717) is 11.0 Å². The van der Waals surface area contributed by atoms with Crippen LogP contribution in [0.1, 0.15) is 43.0 Å². The van der Waals surface area contributed by atoms with Gasteiger partial charge in [0, 0.05) is 5.92 Å². The lowest BCUT2D eigenvalue weighted by atomic mass is 9.90. The number of anilines is 1. The number of nitrogens with one attached hydrogen (secondary N) is 1. The molecule has 0 saturated heterocycles. The second-order valence-electron chi connectivity index (χ2n) is 5.90. The molecule has 1 aliphatic carbocycles. The molecule has 8 heteroatoms. The molecule has 0 radical (unpaired) electrons. The molecule has 0 unspecified atom stereocenters. The smallest absolute Gasteiger partial charge is 0.241 e. The molecule has 0 spiro atoms. The highest BCUT2D eigenvalue weighted by Crippen LogP contribution is 2.35. The molecule has 128 valence electrons. The summed E-state index contributed by atoms with van der Waals surface area (Å²) in [5.74, 6) is -0.782. The zero-order valence-electron chi connectivity index (χ0n) is 13.1. The molecule has 1 aliphatic rings.